The molecule has 4 aliphatic rings. The Morgan fingerprint density at radius 2 is 1.85 bits per heavy atom. The van der Waals surface area contributed by atoms with E-state index >= 15 is 0 Å². The maximum absolute atomic E-state index is 13.3. The Bertz CT molecular complexity index is 1260. The number of carbonyl (C=O) groups is 2. The molecular formula is C28H26N2O4. The summed E-state index contributed by atoms with van der Waals surface area (Å²) in [5, 5.41) is 3.16. The zero-order valence-corrected chi connectivity index (χ0v) is 18.8. The van der Waals surface area contributed by atoms with Gasteiger partial charge in [0.05, 0.1) is 6.61 Å². The van der Waals surface area contributed by atoms with Crippen molar-refractivity contribution in [1.29, 1.82) is 0 Å². The second-order valence-electron chi connectivity index (χ2n) is 9.46. The monoisotopic (exact) mass is 454 g/mol. The van der Waals surface area contributed by atoms with E-state index < -0.39 is 5.41 Å². The Labute approximate surface area is 198 Å². The molecule has 1 fully saturated rings. The molecule has 34 heavy (non-hydrogen) atoms. The van der Waals surface area contributed by atoms with Crippen molar-refractivity contribution >= 4 is 11.8 Å². The Balaban J connectivity index is 1.41. The molecule has 6 bridgehead atoms. The smallest absolute Gasteiger partial charge is 0.253 e. The lowest BCUT2D eigenvalue weighted by molar-refractivity contribution is -0.121. The van der Waals surface area contributed by atoms with Crippen LogP contribution in [0, 0.1) is 5.41 Å². The molecule has 6 heteroatoms. The lowest BCUT2D eigenvalue weighted by atomic mass is 9.73. The lowest BCUT2D eigenvalue weighted by Crippen LogP contribution is -2.48. The number of nitrogens with zero attached hydrogens (tertiary/aromatic N) is 1. The van der Waals surface area contributed by atoms with Gasteiger partial charge in [0.25, 0.3) is 5.91 Å². The van der Waals surface area contributed by atoms with Gasteiger partial charge < -0.3 is 19.7 Å². The van der Waals surface area contributed by atoms with Crippen LogP contribution in [0.5, 0.6) is 17.2 Å². The fraction of sp³-hybridized carbons (Fsp3) is 0.286. The number of amides is 2. The van der Waals surface area contributed by atoms with Gasteiger partial charge in [-0.2, -0.15) is 0 Å². The summed E-state index contributed by atoms with van der Waals surface area (Å²) in [6.07, 6.45) is 1.04. The summed E-state index contributed by atoms with van der Waals surface area (Å²) >= 11 is 0. The largest absolute Gasteiger partial charge is 0.489 e. The molecule has 2 amide bonds. The molecule has 0 radical (unpaired) electrons. The number of benzene rings is 3. The number of aryl methyl sites for hydroxylation is 1. The molecule has 3 aromatic rings. The highest BCUT2D eigenvalue weighted by atomic mass is 16.5. The number of likely N-dealkylation sites (tertiary alicyclic amines) is 1. The van der Waals surface area contributed by atoms with E-state index in [0.29, 0.717) is 50.4 Å². The molecule has 6 nitrogen and oxygen atoms in total. The minimum Gasteiger partial charge on any atom is -0.489 e. The van der Waals surface area contributed by atoms with E-state index in [2.05, 4.69) is 11.4 Å². The standard InChI is InChI=1S/C28H26N2O4/c31-25-13-12-19-6-4-9-21(14-19)34-24-11-5-10-22-23-15-30(27(32)20-7-2-1-3-8-20)17-28(23,16-29-25)18-33-26(22)24/h1-11,14,23H,12-13,15-18H2,(H,29,31)/t23-,28+/m1/s1. The van der Waals surface area contributed by atoms with E-state index in [0.717, 1.165) is 22.6 Å². The van der Waals surface area contributed by atoms with Crippen LogP contribution in [0.15, 0.2) is 72.8 Å². The topological polar surface area (TPSA) is 67.9 Å². The van der Waals surface area contributed by atoms with E-state index in [1.807, 2.05) is 71.6 Å². The number of para-hydroxylation sites is 1. The lowest BCUT2D eigenvalue weighted by Gasteiger charge is -2.39. The van der Waals surface area contributed by atoms with Crippen LogP contribution in [0.1, 0.15) is 33.8 Å². The number of hydrogen-bond acceptors (Lipinski definition) is 4. The van der Waals surface area contributed by atoms with Crippen LogP contribution in [0.4, 0.5) is 0 Å². The zero-order valence-electron chi connectivity index (χ0n) is 18.8. The van der Waals surface area contributed by atoms with Crippen LogP contribution < -0.4 is 14.8 Å². The minimum atomic E-state index is -0.399. The Morgan fingerprint density at radius 3 is 2.74 bits per heavy atom. The molecule has 1 saturated heterocycles. The molecule has 0 aliphatic carbocycles. The molecule has 2 atom stereocenters. The first-order chi connectivity index (χ1) is 16.6. The Kier molecular flexibility index (Phi) is 5.01. The Hall–Kier alpha value is -3.80. The minimum absolute atomic E-state index is 0.00333. The fourth-order valence-corrected chi connectivity index (χ4v) is 5.46. The maximum atomic E-state index is 13.3. The van der Waals surface area contributed by atoms with Gasteiger partial charge in [-0.1, -0.05) is 42.5 Å². The van der Waals surface area contributed by atoms with Crippen molar-refractivity contribution in [1.82, 2.24) is 10.2 Å². The molecule has 4 heterocycles. The number of carbonyl (C=O) groups excluding carboxylic acids is 2. The van der Waals surface area contributed by atoms with Gasteiger partial charge in [-0.15, -0.1) is 0 Å². The average molecular weight is 455 g/mol. The van der Waals surface area contributed by atoms with Gasteiger partial charge in [0.15, 0.2) is 11.5 Å². The first-order valence-electron chi connectivity index (χ1n) is 11.7. The average Bonchev–Trinajstić information content (AvgIpc) is 3.27. The van der Waals surface area contributed by atoms with Crippen molar-refractivity contribution in [3.63, 3.8) is 0 Å². The molecule has 4 aliphatic heterocycles. The van der Waals surface area contributed by atoms with E-state index in [9.17, 15) is 9.59 Å². The second kappa shape index (κ2) is 8.20. The van der Waals surface area contributed by atoms with Crippen molar-refractivity contribution in [3.8, 4) is 17.2 Å². The summed E-state index contributed by atoms with van der Waals surface area (Å²) in [5.41, 5.74) is 2.34. The number of nitrogens with one attached hydrogen (secondary N) is 1. The molecule has 0 saturated carbocycles. The number of fused-ring (bicyclic) bond motifs is 5. The molecule has 0 aromatic heterocycles. The first kappa shape index (κ1) is 20.8. The number of rotatable bonds is 1. The van der Waals surface area contributed by atoms with Gasteiger partial charge in [0.1, 0.15) is 5.75 Å². The van der Waals surface area contributed by atoms with E-state index in [1.54, 1.807) is 0 Å². The van der Waals surface area contributed by atoms with Crippen LogP contribution >= 0.6 is 0 Å². The summed E-state index contributed by atoms with van der Waals surface area (Å²) in [4.78, 5) is 28.0. The van der Waals surface area contributed by atoms with Gasteiger partial charge in [0.2, 0.25) is 5.91 Å². The van der Waals surface area contributed by atoms with Crippen LogP contribution in [0.3, 0.4) is 0 Å². The third kappa shape index (κ3) is 3.59. The Morgan fingerprint density at radius 1 is 1.00 bits per heavy atom. The van der Waals surface area contributed by atoms with Gasteiger partial charge in [-0.25, -0.2) is 0 Å². The van der Waals surface area contributed by atoms with E-state index in [1.165, 1.54) is 0 Å². The third-order valence-electron chi connectivity index (χ3n) is 7.25. The highest BCUT2D eigenvalue weighted by Crippen LogP contribution is 2.52. The predicted molar refractivity (Wildman–Crippen MR) is 127 cm³/mol. The highest BCUT2D eigenvalue weighted by molar-refractivity contribution is 5.94. The van der Waals surface area contributed by atoms with Crippen molar-refractivity contribution in [2.75, 3.05) is 26.2 Å². The van der Waals surface area contributed by atoms with Crippen LogP contribution in [-0.2, 0) is 11.2 Å². The molecular weight excluding hydrogens is 428 g/mol. The quantitative estimate of drug-likeness (QED) is 0.600. The van der Waals surface area contributed by atoms with Crippen LogP contribution in [-0.4, -0.2) is 43.0 Å². The van der Waals surface area contributed by atoms with Crippen LogP contribution in [0.2, 0.25) is 0 Å². The molecule has 1 N–H and O–H groups in total. The molecule has 1 spiro atoms. The van der Waals surface area contributed by atoms with Crippen molar-refractivity contribution in [2.24, 2.45) is 5.41 Å². The van der Waals surface area contributed by atoms with Gasteiger partial charge >= 0.3 is 0 Å². The third-order valence-corrected chi connectivity index (χ3v) is 7.25. The first-order valence-corrected chi connectivity index (χ1v) is 11.7. The van der Waals surface area contributed by atoms with Crippen molar-refractivity contribution in [3.05, 3.63) is 89.5 Å². The van der Waals surface area contributed by atoms with Crippen LogP contribution in [0.25, 0.3) is 0 Å². The summed E-state index contributed by atoms with van der Waals surface area (Å²) in [7, 11) is 0. The molecule has 3 aromatic carbocycles. The van der Waals surface area contributed by atoms with E-state index in [4.69, 9.17) is 9.47 Å². The molecule has 0 unspecified atom stereocenters. The second-order valence-corrected chi connectivity index (χ2v) is 9.46. The van der Waals surface area contributed by atoms with E-state index in [-0.39, 0.29) is 17.7 Å². The molecule has 172 valence electrons. The summed E-state index contributed by atoms with van der Waals surface area (Å²) in [6.45, 7) is 1.96. The summed E-state index contributed by atoms with van der Waals surface area (Å²) in [6, 6.07) is 23.2. The van der Waals surface area contributed by atoms with Gasteiger partial charge in [-0.05, 0) is 42.3 Å². The maximum Gasteiger partial charge on any atom is 0.253 e. The van der Waals surface area contributed by atoms with Gasteiger partial charge in [-0.3, -0.25) is 9.59 Å². The summed E-state index contributed by atoms with van der Waals surface area (Å²) < 4.78 is 12.6. The number of ether oxygens (including phenoxy) is 2. The van der Waals surface area contributed by atoms with Crippen molar-refractivity contribution < 1.29 is 19.1 Å². The van der Waals surface area contributed by atoms with Gasteiger partial charge in [0, 0.05) is 48.5 Å². The fourth-order valence-electron chi connectivity index (χ4n) is 5.46. The highest BCUT2D eigenvalue weighted by Gasteiger charge is 2.53. The zero-order chi connectivity index (χ0) is 23.1. The van der Waals surface area contributed by atoms with Crippen molar-refractivity contribution in [2.45, 2.75) is 18.8 Å². The predicted octanol–water partition coefficient (Wildman–Crippen LogP) is 4.16. The SMILES string of the molecule is O=C1CCc2cccc(c2)Oc2cccc3c2OC[C@]2(CN1)CN(C(=O)c1ccccc1)C[C@H]32. The molecule has 7 rings (SSSR count). The summed E-state index contributed by atoms with van der Waals surface area (Å²) in [5.74, 6) is 2.16. The normalized spacial score (nSPS) is 23.2. The number of hydrogen-bond donors (Lipinski definition) is 1.